The lowest BCUT2D eigenvalue weighted by molar-refractivity contribution is -0.0354. The van der Waals surface area contributed by atoms with E-state index in [-0.39, 0.29) is 34.8 Å². The first-order valence-corrected chi connectivity index (χ1v) is 17.6. The Morgan fingerprint density at radius 1 is 1.10 bits per heavy atom. The van der Waals surface area contributed by atoms with E-state index in [1.807, 2.05) is 33.0 Å². The molecule has 0 N–H and O–H groups in total. The highest BCUT2D eigenvalue weighted by atomic mass is 19.1. The number of ether oxygens (including phenoxy) is 3. The van der Waals surface area contributed by atoms with Crippen LogP contribution in [-0.4, -0.2) is 114 Å². The first kappa shape index (κ1) is 33.6. The molecule has 0 bridgehead atoms. The summed E-state index contributed by atoms with van der Waals surface area (Å²) in [5.41, 5.74) is 2.76. The molecule has 2 aromatic heterocycles. The van der Waals surface area contributed by atoms with Crippen LogP contribution in [0.2, 0.25) is 0 Å². The number of halogens is 1. The van der Waals surface area contributed by atoms with Gasteiger partial charge in [-0.3, -0.25) is 14.7 Å². The maximum Gasteiger partial charge on any atom is 0.257 e. The number of pyridine rings is 1. The predicted octanol–water partition coefficient (Wildman–Crippen LogP) is 4.66. The van der Waals surface area contributed by atoms with Crippen LogP contribution >= 0.6 is 0 Å². The van der Waals surface area contributed by atoms with Crippen LogP contribution < -0.4 is 14.4 Å². The fourth-order valence-corrected chi connectivity index (χ4v) is 8.03. The summed E-state index contributed by atoms with van der Waals surface area (Å²) in [4.78, 5) is 35.7. The summed E-state index contributed by atoms with van der Waals surface area (Å²) in [5.74, 6) is 2.32. The number of hydrogen-bond acceptors (Lipinski definition) is 10. The van der Waals surface area contributed by atoms with E-state index in [0.717, 1.165) is 84.0 Å². The molecule has 262 valence electrons. The zero-order valence-electron chi connectivity index (χ0n) is 29.1. The monoisotopic (exact) mass is 673 g/mol. The molecule has 0 unspecified atom stereocenters. The van der Waals surface area contributed by atoms with Crippen LogP contribution in [0.4, 0.5) is 10.2 Å². The normalized spacial score (nSPS) is 19.3. The van der Waals surface area contributed by atoms with E-state index in [4.69, 9.17) is 19.2 Å². The number of rotatable bonds is 13. The molecule has 2 saturated heterocycles. The molecule has 1 spiro atoms. The van der Waals surface area contributed by atoms with Crippen molar-refractivity contribution in [2.24, 2.45) is 11.3 Å². The third-order valence-corrected chi connectivity index (χ3v) is 10.6. The molecular formula is C37H48FN7O4. The molecule has 3 fully saturated rings. The zero-order chi connectivity index (χ0) is 34.1. The lowest BCUT2D eigenvalue weighted by atomic mass is 9.61. The molecule has 1 amide bonds. The van der Waals surface area contributed by atoms with Crippen LogP contribution in [0.25, 0.3) is 0 Å². The van der Waals surface area contributed by atoms with Crippen LogP contribution in [0.3, 0.4) is 0 Å². The zero-order valence-corrected chi connectivity index (χ0v) is 29.1. The van der Waals surface area contributed by atoms with E-state index in [1.165, 1.54) is 35.8 Å². The van der Waals surface area contributed by atoms with Gasteiger partial charge < -0.3 is 28.9 Å². The van der Waals surface area contributed by atoms with Gasteiger partial charge in [0.1, 0.15) is 29.7 Å². The van der Waals surface area contributed by atoms with Crippen LogP contribution in [-0.2, 0) is 17.7 Å². The molecule has 49 heavy (non-hydrogen) atoms. The van der Waals surface area contributed by atoms with E-state index in [1.54, 1.807) is 18.2 Å². The maximum absolute atomic E-state index is 14.3. The quantitative estimate of drug-likeness (QED) is 0.255. The van der Waals surface area contributed by atoms with Gasteiger partial charge in [0.25, 0.3) is 5.91 Å². The van der Waals surface area contributed by atoms with Crippen molar-refractivity contribution in [3.8, 4) is 17.2 Å². The Balaban J connectivity index is 0.950. The third kappa shape index (κ3) is 7.09. The Morgan fingerprint density at radius 2 is 1.92 bits per heavy atom. The lowest BCUT2D eigenvalue weighted by Gasteiger charge is -2.59. The molecule has 3 aromatic rings. The van der Waals surface area contributed by atoms with E-state index in [9.17, 15) is 9.18 Å². The van der Waals surface area contributed by atoms with Crippen molar-refractivity contribution in [2.75, 3.05) is 71.0 Å². The van der Waals surface area contributed by atoms with Crippen molar-refractivity contribution in [2.45, 2.75) is 58.7 Å². The number of likely N-dealkylation sites (tertiary alicyclic amines) is 1. The van der Waals surface area contributed by atoms with Crippen LogP contribution in [0, 0.1) is 17.2 Å². The average molecular weight is 674 g/mol. The molecule has 7 rings (SSSR count). The molecule has 1 saturated carbocycles. The van der Waals surface area contributed by atoms with Gasteiger partial charge >= 0.3 is 0 Å². The topological polar surface area (TPSA) is 96.4 Å². The van der Waals surface area contributed by atoms with E-state index < -0.39 is 5.82 Å². The SMILES string of the molecule is CCN(C(=O)c1cc(F)ccc1Oc1cncnc1N1CC2(CC(Oc3ccnc4c3CN(CC3CN(CCOC)C3)CC4)C2)C1)C(C)C. The minimum atomic E-state index is -0.491. The number of hydrogen-bond donors (Lipinski definition) is 0. The van der Waals surface area contributed by atoms with Crippen molar-refractivity contribution < 1.29 is 23.4 Å². The summed E-state index contributed by atoms with van der Waals surface area (Å²) in [6, 6.07) is 6.05. The van der Waals surface area contributed by atoms with Gasteiger partial charge in [-0.05, 0) is 63.8 Å². The number of nitrogens with zero attached hydrogens (tertiary/aromatic N) is 7. The number of carbonyl (C=O) groups is 1. The number of anilines is 1. The highest BCUT2D eigenvalue weighted by Crippen LogP contribution is 2.52. The van der Waals surface area contributed by atoms with Gasteiger partial charge in [-0.25, -0.2) is 14.4 Å². The van der Waals surface area contributed by atoms with Crippen LogP contribution in [0.15, 0.2) is 43.0 Å². The van der Waals surface area contributed by atoms with Crippen molar-refractivity contribution in [1.82, 2.24) is 29.7 Å². The molecule has 1 aromatic carbocycles. The molecule has 1 aliphatic carbocycles. The number of amides is 1. The Bertz CT molecular complexity index is 1640. The average Bonchev–Trinajstić information content (AvgIpc) is 3.04. The molecule has 5 heterocycles. The summed E-state index contributed by atoms with van der Waals surface area (Å²) < 4.78 is 32.4. The second kappa shape index (κ2) is 14.2. The highest BCUT2D eigenvalue weighted by molar-refractivity contribution is 5.97. The second-order valence-electron chi connectivity index (χ2n) is 14.5. The first-order valence-electron chi connectivity index (χ1n) is 17.6. The van der Waals surface area contributed by atoms with Crippen molar-refractivity contribution >= 4 is 11.7 Å². The predicted molar refractivity (Wildman–Crippen MR) is 184 cm³/mol. The molecule has 11 nitrogen and oxygen atoms in total. The number of fused-ring (bicyclic) bond motifs is 1. The van der Waals surface area contributed by atoms with Crippen molar-refractivity contribution in [1.29, 1.82) is 0 Å². The van der Waals surface area contributed by atoms with E-state index in [0.29, 0.717) is 24.0 Å². The molecule has 0 atom stereocenters. The summed E-state index contributed by atoms with van der Waals surface area (Å²) in [6.07, 6.45) is 8.08. The summed E-state index contributed by atoms with van der Waals surface area (Å²) >= 11 is 0. The number of aromatic nitrogens is 3. The second-order valence-corrected chi connectivity index (χ2v) is 14.5. The van der Waals surface area contributed by atoms with Crippen molar-refractivity contribution in [3.63, 3.8) is 0 Å². The van der Waals surface area contributed by atoms with Gasteiger partial charge in [-0.2, -0.15) is 0 Å². The Kier molecular flexibility index (Phi) is 9.72. The minimum absolute atomic E-state index is 0.0363. The lowest BCUT2D eigenvalue weighted by Crippen LogP contribution is -2.65. The highest BCUT2D eigenvalue weighted by Gasteiger charge is 2.54. The maximum atomic E-state index is 14.3. The Hall–Kier alpha value is -3.87. The van der Waals surface area contributed by atoms with Gasteiger partial charge in [0.05, 0.1) is 18.4 Å². The molecular weight excluding hydrogens is 625 g/mol. The number of carbonyl (C=O) groups excluding carboxylic acids is 1. The molecule has 3 aliphatic heterocycles. The van der Waals surface area contributed by atoms with E-state index >= 15 is 0 Å². The standard InChI is InChI=1S/C37H48FN7O4/c1-5-45(25(2)3)36(46)29-14-27(38)6-7-32(29)49-34-17-39-24-41-35(34)44-22-37(23-44)15-28(16-37)48-33-8-10-40-31-9-11-42(21-30(31)33)18-26-19-43(20-26)12-13-47-4/h6-8,10,14,17,24-26,28H,5,9,11-13,15-16,18-23H2,1-4H3. The Morgan fingerprint density at radius 3 is 2.67 bits per heavy atom. The summed E-state index contributed by atoms with van der Waals surface area (Å²) in [7, 11) is 1.76. The fourth-order valence-electron chi connectivity index (χ4n) is 8.03. The van der Waals surface area contributed by atoms with E-state index in [2.05, 4.69) is 24.7 Å². The minimum Gasteiger partial charge on any atom is -0.490 e. The molecule has 0 radical (unpaired) electrons. The Labute approximate surface area is 288 Å². The van der Waals surface area contributed by atoms with Gasteiger partial charge in [0.15, 0.2) is 11.6 Å². The van der Waals surface area contributed by atoms with Gasteiger partial charge in [0.2, 0.25) is 0 Å². The molecule has 12 heteroatoms. The fraction of sp³-hybridized carbons (Fsp3) is 0.568. The summed E-state index contributed by atoms with van der Waals surface area (Å²) in [6.45, 7) is 15.1. The molecule has 4 aliphatic rings. The van der Waals surface area contributed by atoms with Crippen LogP contribution in [0.1, 0.15) is 55.2 Å². The summed E-state index contributed by atoms with van der Waals surface area (Å²) in [5, 5.41) is 0. The van der Waals surface area contributed by atoms with Gasteiger partial charge in [0, 0.05) is 101 Å². The number of benzene rings is 1. The largest absolute Gasteiger partial charge is 0.490 e. The third-order valence-electron chi connectivity index (χ3n) is 10.6. The smallest absolute Gasteiger partial charge is 0.257 e. The van der Waals surface area contributed by atoms with Gasteiger partial charge in [-0.15, -0.1) is 0 Å². The van der Waals surface area contributed by atoms with Gasteiger partial charge in [-0.1, -0.05) is 0 Å². The van der Waals surface area contributed by atoms with Crippen molar-refractivity contribution in [3.05, 3.63) is 65.6 Å². The first-order chi connectivity index (χ1) is 23.7. The number of methoxy groups -OCH3 is 1. The van der Waals surface area contributed by atoms with Crippen LogP contribution in [0.5, 0.6) is 17.2 Å².